The van der Waals surface area contributed by atoms with Gasteiger partial charge < -0.3 is 19.9 Å². The summed E-state index contributed by atoms with van der Waals surface area (Å²) < 4.78 is 15.6. The quantitative estimate of drug-likeness (QED) is 0.578. The number of rotatable bonds is 6. The standard InChI is InChI=1S/C21H20ClFN4OS/c22-15-13-14(7-8-16(15)23)26-10-3-6-18(26)20-19(17-5-1-2-9-24-17)25-21(29)27(20)11-4-12-28/h1-3,5-10,13,19-20,28H,4,11-12H2,(H,25,29)/t19-,20+/m1/s1. The van der Waals surface area contributed by atoms with Crippen molar-refractivity contribution < 1.29 is 9.50 Å². The molecule has 0 amide bonds. The maximum absolute atomic E-state index is 13.7. The Morgan fingerprint density at radius 1 is 1.21 bits per heavy atom. The summed E-state index contributed by atoms with van der Waals surface area (Å²) >= 11 is 11.6. The summed E-state index contributed by atoms with van der Waals surface area (Å²) in [5.74, 6) is -0.455. The predicted octanol–water partition coefficient (Wildman–Crippen LogP) is 4.02. The van der Waals surface area contributed by atoms with Crippen molar-refractivity contribution in [1.82, 2.24) is 19.8 Å². The summed E-state index contributed by atoms with van der Waals surface area (Å²) in [5, 5.41) is 13.4. The van der Waals surface area contributed by atoms with Gasteiger partial charge >= 0.3 is 0 Å². The monoisotopic (exact) mass is 430 g/mol. The van der Waals surface area contributed by atoms with Gasteiger partial charge in [-0.2, -0.15) is 0 Å². The fraction of sp³-hybridized carbons (Fsp3) is 0.238. The van der Waals surface area contributed by atoms with Gasteiger partial charge in [-0.1, -0.05) is 17.7 Å². The molecule has 0 saturated carbocycles. The van der Waals surface area contributed by atoms with Crippen molar-refractivity contribution in [2.24, 2.45) is 0 Å². The second-order valence-electron chi connectivity index (χ2n) is 6.80. The molecule has 29 heavy (non-hydrogen) atoms. The highest BCUT2D eigenvalue weighted by Gasteiger charge is 2.40. The lowest BCUT2D eigenvalue weighted by Gasteiger charge is -2.28. The molecular formula is C21H20ClFN4OS. The molecule has 1 aliphatic heterocycles. The predicted molar refractivity (Wildman–Crippen MR) is 115 cm³/mol. The highest BCUT2D eigenvalue weighted by molar-refractivity contribution is 7.80. The van der Waals surface area contributed by atoms with Crippen molar-refractivity contribution in [3.63, 3.8) is 0 Å². The van der Waals surface area contributed by atoms with Gasteiger partial charge in [-0.05, 0) is 61.1 Å². The SMILES string of the molecule is OCCCN1C(=S)N[C@H](c2ccccn2)[C@@H]1c1cccn1-c1ccc(F)c(Cl)c1. The highest BCUT2D eigenvalue weighted by atomic mass is 35.5. The first-order valence-electron chi connectivity index (χ1n) is 9.31. The minimum atomic E-state index is -0.455. The second-order valence-corrected chi connectivity index (χ2v) is 7.59. The molecule has 1 fully saturated rings. The van der Waals surface area contributed by atoms with Gasteiger partial charge in [0.25, 0.3) is 0 Å². The van der Waals surface area contributed by atoms with Crippen LogP contribution in [0, 0.1) is 5.82 Å². The van der Waals surface area contributed by atoms with Crippen LogP contribution in [0.2, 0.25) is 5.02 Å². The molecule has 1 aliphatic rings. The highest BCUT2D eigenvalue weighted by Crippen LogP contribution is 2.39. The molecule has 5 nitrogen and oxygen atoms in total. The summed E-state index contributed by atoms with van der Waals surface area (Å²) in [4.78, 5) is 6.59. The average Bonchev–Trinajstić information content (AvgIpc) is 3.33. The van der Waals surface area contributed by atoms with E-state index in [1.165, 1.54) is 6.07 Å². The van der Waals surface area contributed by atoms with Crippen molar-refractivity contribution in [1.29, 1.82) is 0 Å². The van der Waals surface area contributed by atoms with Crippen molar-refractivity contribution in [2.75, 3.05) is 13.2 Å². The summed E-state index contributed by atoms with van der Waals surface area (Å²) in [7, 11) is 0. The number of aromatic nitrogens is 2. The molecule has 2 N–H and O–H groups in total. The van der Waals surface area contributed by atoms with Crippen LogP contribution in [0.3, 0.4) is 0 Å². The molecule has 1 saturated heterocycles. The van der Waals surface area contributed by atoms with Crippen LogP contribution in [-0.4, -0.2) is 37.8 Å². The van der Waals surface area contributed by atoms with Crippen LogP contribution < -0.4 is 5.32 Å². The second kappa shape index (κ2) is 8.49. The zero-order valence-electron chi connectivity index (χ0n) is 15.5. The zero-order chi connectivity index (χ0) is 20.4. The molecule has 2 aromatic heterocycles. The van der Waals surface area contributed by atoms with E-state index < -0.39 is 5.82 Å². The van der Waals surface area contributed by atoms with Gasteiger partial charge in [-0.3, -0.25) is 4.98 Å². The Labute approximate surface area is 178 Å². The van der Waals surface area contributed by atoms with Gasteiger partial charge in [-0.25, -0.2) is 4.39 Å². The number of benzene rings is 1. The Balaban J connectivity index is 1.79. The Hall–Kier alpha value is -2.48. The Morgan fingerprint density at radius 2 is 2.07 bits per heavy atom. The Bertz CT molecular complexity index is 1010. The Morgan fingerprint density at radius 3 is 2.79 bits per heavy atom. The topological polar surface area (TPSA) is 53.3 Å². The van der Waals surface area contributed by atoms with E-state index in [4.69, 9.17) is 23.8 Å². The van der Waals surface area contributed by atoms with Gasteiger partial charge in [0.2, 0.25) is 0 Å². The zero-order valence-corrected chi connectivity index (χ0v) is 17.1. The lowest BCUT2D eigenvalue weighted by atomic mass is 10.0. The first kappa shape index (κ1) is 19.8. The molecule has 0 aliphatic carbocycles. The molecule has 0 radical (unpaired) electrons. The van der Waals surface area contributed by atoms with Crippen molar-refractivity contribution in [3.8, 4) is 5.69 Å². The van der Waals surface area contributed by atoms with Crippen LogP contribution in [0.25, 0.3) is 5.69 Å². The molecule has 150 valence electrons. The normalized spacial score (nSPS) is 18.9. The average molecular weight is 431 g/mol. The van der Waals surface area contributed by atoms with Crippen LogP contribution in [0.5, 0.6) is 0 Å². The summed E-state index contributed by atoms with van der Waals surface area (Å²) in [6, 6.07) is 14.1. The van der Waals surface area contributed by atoms with E-state index in [2.05, 4.69) is 15.2 Å². The van der Waals surface area contributed by atoms with Gasteiger partial charge in [0.15, 0.2) is 5.11 Å². The number of hydrogen-bond donors (Lipinski definition) is 2. The first-order valence-corrected chi connectivity index (χ1v) is 10.1. The number of halogens is 2. The van der Waals surface area contributed by atoms with Crippen LogP contribution in [0.1, 0.15) is 29.9 Å². The molecule has 4 rings (SSSR count). The molecule has 0 spiro atoms. The summed E-state index contributed by atoms with van der Waals surface area (Å²) in [6.45, 7) is 0.681. The number of pyridine rings is 1. The van der Waals surface area contributed by atoms with Crippen molar-refractivity contribution >= 4 is 28.9 Å². The number of hydrogen-bond acceptors (Lipinski definition) is 3. The number of aliphatic hydroxyl groups is 1. The molecule has 2 atom stereocenters. The molecule has 3 heterocycles. The van der Waals surface area contributed by atoms with Crippen LogP contribution in [0.4, 0.5) is 4.39 Å². The smallest absolute Gasteiger partial charge is 0.170 e. The third-order valence-electron chi connectivity index (χ3n) is 5.02. The largest absolute Gasteiger partial charge is 0.396 e. The molecular weight excluding hydrogens is 411 g/mol. The van der Waals surface area contributed by atoms with E-state index in [-0.39, 0.29) is 23.7 Å². The minimum absolute atomic E-state index is 0.0700. The lowest BCUT2D eigenvalue weighted by Crippen LogP contribution is -2.31. The number of thiocarbonyl (C=S) groups is 1. The van der Waals surface area contributed by atoms with Crippen LogP contribution in [0.15, 0.2) is 60.9 Å². The van der Waals surface area contributed by atoms with E-state index in [0.717, 1.165) is 17.1 Å². The third-order valence-corrected chi connectivity index (χ3v) is 5.66. The van der Waals surface area contributed by atoms with Crippen LogP contribution >= 0.6 is 23.8 Å². The summed E-state index contributed by atoms with van der Waals surface area (Å²) in [6.07, 6.45) is 4.27. The maximum Gasteiger partial charge on any atom is 0.170 e. The lowest BCUT2D eigenvalue weighted by molar-refractivity contribution is 0.245. The van der Waals surface area contributed by atoms with E-state index in [0.29, 0.717) is 18.1 Å². The van der Waals surface area contributed by atoms with Crippen molar-refractivity contribution in [2.45, 2.75) is 18.5 Å². The number of aliphatic hydroxyl groups excluding tert-OH is 1. The van der Waals surface area contributed by atoms with Gasteiger partial charge in [0.05, 0.1) is 22.8 Å². The maximum atomic E-state index is 13.7. The molecule has 1 aromatic carbocycles. The van der Waals surface area contributed by atoms with E-state index in [1.54, 1.807) is 18.3 Å². The molecule has 3 aromatic rings. The fourth-order valence-electron chi connectivity index (χ4n) is 3.71. The molecule has 0 bridgehead atoms. The van der Waals surface area contributed by atoms with Gasteiger partial charge in [0.1, 0.15) is 5.82 Å². The summed E-state index contributed by atoms with van der Waals surface area (Å²) in [5.41, 5.74) is 2.60. The van der Waals surface area contributed by atoms with Crippen molar-refractivity contribution in [3.05, 3.63) is 83.2 Å². The van der Waals surface area contributed by atoms with E-state index in [1.807, 2.05) is 41.1 Å². The molecule has 0 unspecified atom stereocenters. The number of nitrogens with one attached hydrogen (secondary N) is 1. The van der Waals surface area contributed by atoms with E-state index in [9.17, 15) is 9.50 Å². The van der Waals surface area contributed by atoms with Gasteiger partial charge in [-0.15, -0.1) is 0 Å². The third kappa shape index (κ3) is 3.85. The van der Waals surface area contributed by atoms with Gasteiger partial charge in [0, 0.05) is 36.9 Å². The first-order chi connectivity index (χ1) is 14.1. The molecule has 8 heteroatoms. The minimum Gasteiger partial charge on any atom is -0.396 e. The number of nitrogens with zero attached hydrogens (tertiary/aromatic N) is 3. The van der Waals surface area contributed by atoms with Crippen LogP contribution in [-0.2, 0) is 0 Å². The Kier molecular flexibility index (Phi) is 5.80. The van der Waals surface area contributed by atoms with E-state index >= 15 is 0 Å². The fourth-order valence-corrected chi connectivity index (χ4v) is 4.22.